The van der Waals surface area contributed by atoms with Crippen molar-refractivity contribution in [3.8, 4) is 17.1 Å². The standard InChI is InChI=1S/C32H32F6N6O6S/c1-29(2,3)50-28(46)40-23-13-31(34,35)21-12-22(33)20(25-41-42-27(49-25)30(4,5)51(6,47)48)11-24(21)43(26(23)45)15-17-7-9-19(10-8-17)44-16-18(14-39-44)32(36,37)38/h7-12,14,16,23H,13,15H2,1-6H3,(H,40,46). The van der Waals surface area contributed by atoms with Crippen molar-refractivity contribution in [2.45, 2.75) is 76.1 Å². The van der Waals surface area contributed by atoms with Crippen LogP contribution in [0.15, 0.2) is 53.2 Å². The fraction of sp³-hybridized carbons (Fsp3) is 0.406. The van der Waals surface area contributed by atoms with Crippen LogP contribution in [-0.4, -0.2) is 58.3 Å². The number of alkyl carbamates (subject to hydrolysis) is 1. The fourth-order valence-corrected chi connectivity index (χ4v) is 5.41. The summed E-state index contributed by atoms with van der Waals surface area (Å²) < 4.78 is 122. The van der Waals surface area contributed by atoms with Crippen LogP contribution in [0.5, 0.6) is 0 Å². The Morgan fingerprint density at radius 2 is 1.73 bits per heavy atom. The molecule has 4 aromatic rings. The molecule has 5 rings (SSSR count). The van der Waals surface area contributed by atoms with E-state index in [9.17, 15) is 31.2 Å². The predicted molar refractivity (Wildman–Crippen MR) is 169 cm³/mol. The monoisotopic (exact) mass is 742 g/mol. The normalized spacial score (nSPS) is 16.8. The molecule has 0 saturated heterocycles. The second-order valence-corrected chi connectivity index (χ2v) is 16.0. The topological polar surface area (TPSA) is 150 Å². The lowest BCUT2D eigenvalue weighted by Crippen LogP contribution is -2.49. The molecule has 0 aliphatic carbocycles. The molecule has 51 heavy (non-hydrogen) atoms. The number of anilines is 1. The lowest BCUT2D eigenvalue weighted by Gasteiger charge is -2.27. The second-order valence-electron chi connectivity index (χ2n) is 13.4. The van der Waals surface area contributed by atoms with Crippen LogP contribution < -0.4 is 10.2 Å². The number of carbonyl (C=O) groups is 2. The van der Waals surface area contributed by atoms with Gasteiger partial charge in [0.15, 0.2) is 9.84 Å². The average molecular weight is 743 g/mol. The van der Waals surface area contributed by atoms with Crippen LogP contribution in [0.1, 0.15) is 63.6 Å². The number of sulfone groups is 1. The van der Waals surface area contributed by atoms with Crippen molar-refractivity contribution in [3.63, 3.8) is 0 Å². The first kappa shape index (κ1) is 37.3. The molecule has 2 aromatic carbocycles. The Labute approximate surface area is 287 Å². The molecule has 1 atom stereocenters. The van der Waals surface area contributed by atoms with E-state index in [-0.39, 0.29) is 5.69 Å². The van der Waals surface area contributed by atoms with Crippen LogP contribution in [0.3, 0.4) is 0 Å². The minimum atomic E-state index is -4.63. The van der Waals surface area contributed by atoms with Crippen LogP contribution in [0.2, 0.25) is 0 Å². The van der Waals surface area contributed by atoms with Crippen LogP contribution >= 0.6 is 0 Å². The second kappa shape index (κ2) is 12.7. The smallest absolute Gasteiger partial charge is 0.419 e. The van der Waals surface area contributed by atoms with E-state index in [1.54, 1.807) is 0 Å². The first-order chi connectivity index (χ1) is 23.4. The molecular formula is C32H32F6N6O6S. The number of carbonyl (C=O) groups excluding carboxylic acids is 2. The molecule has 1 unspecified atom stereocenters. The highest BCUT2D eigenvalue weighted by Crippen LogP contribution is 2.45. The summed E-state index contributed by atoms with van der Waals surface area (Å²) in [5.74, 6) is -7.17. The van der Waals surface area contributed by atoms with Crippen molar-refractivity contribution < 1.29 is 53.5 Å². The van der Waals surface area contributed by atoms with Crippen LogP contribution in [0, 0.1) is 5.82 Å². The zero-order valence-corrected chi connectivity index (χ0v) is 28.8. The zero-order valence-electron chi connectivity index (χ0n) is 28.0. The maximum Gasteiger partial charge on any atom is 0.419 e. The Bertz CT molecular complexity index is 2090. The molecule has 0 bridgehead atoms. The highest BCUT2D eigenvalue weighted by atomic mass is 32.2. The van der Waals surface area contributed by atoms with Gasteiger partial charge in [-0.2, -0.15) is 18.3 Å². The molecule has 0 radical (unpaired) electrons. The molecule has 1 aliphatic heterocycles. The summed E-state index contributed by atoms with van der Waals surface area (Å²) in [5, 5.41) is 13.4. The molecule has 0 fully saturated rings. The molecule has 1 N–H and O–H groups in total. The maximum atomic E-state index is 16.0. The lowest BCUT2D eigenvalue weighted by molar-refractivity contribution is -0.137. The number of hydrogen-bond acceptors (Lipinski definition) is 9. The number of hydrogen-bond donors (Lipinski definition) is 1. The zero-order chi connectivity index (χ0) is 37.9. The Kier molecular flexibility index (Phi) is 9.28. The Hall–Kier alpha value is -4.94. The Morgan fingerprint density at radius 3 is 2.29 bits per heavy atom. The van der Waals surface area contributed by atoms with E-state index in [1.807, 2.05) is 0 Å². The average Bonchev–Trinajstić information content (AvgIpc) is 3.68. The summed E-state index contributed by atoms with van der Waals surface area (Å²) in [6.07, 6.45) is -4.73. The number of aromatic nitrogens is 4. The van der Waals surface area contributed by atoms with Crippen molar-refractivity contribution in [1.82, 2.24) is 25.3 Å². The largest absolute Gasteiger partial charge is 0.444 e. The van der Waals surface area contributed by atoms with Gasteiger partial charge in [0.2, 0.25) is 11.8 Å². The number of rotatable bonds is 7. The number of alkyl halides is 5. The van der Waals surface area contributed by atoms with E-state index in [2.05, 4.69) is 20.6 Å². The van der Waals surface area contributed by atoms with Crippen molar-refractivity contribution in [2.24, 2.45) is 0 Å². The Balaban J connectivity index is 1.59. The van der Waals surface area contributed by atoms with Crippen molar-refractivity contribution >= 4 is 27.5 Å². The summed E-state index contributed by atoms with van der Waals surface area (Å²) in [7, 11) is -3.82. The fourth-order valence-electron chi connectivity index (χ4n) is 5.01. The minimum absolute atomic E-state index is 0.210. The number of halogens is 6. The van der Waals surface area contributed by atoms with Gasteiger partial charge >= 0.3 is 12.3 Å². The van der Waals surface area contributed by atoms with E-state index in [0.29, 0.717) is 17.8 Å². The molecule has 0 spiro atoms. The van der Waals surface area contributed by atoms with Gasteiger partial charge in [-0.15, -0.1) is 10.2 Å². The summed E-state index contributed by atoms with van der Waals surface area (Å²) in [4.78, 5) is 27.6. The third kappa shape index (κ3) is 7.72. The molecule has 2 aromatic heterocycles. The molecule has 3 heterocycles. The van der Waals surface area contributed by atoms with E-state index in [1.165, 1.54) is 58.9 Å². The van der Waals surface area contributed by atoms with Crippen LogP contribution in [0.25, 0.3) is 17.1 Å². The Morgan fingerprint density at radius 1 is 1.08 bits per heavy atom. The summed E-state index contributed by atoms with van der Waals surface area (Å²) in [5.41, 5.74) is -3.48. The molecule has 1 aliphatic rings. The number of fused-ring (bicyclic) bond motifs is 1. The molecular weight excluding hydrogens is 710 g/mol. The van der Waals surface area contributed by atoms with Gasteiger partial charge in [0.1, 0.15) is 22.2 Å². The first-order valence-electron chi connectivity index (χ1n) is 15.2. The molecule has 274 valence electrons. The van der Waals surface area contributed by atoms with Crippen LogP contribution in [0.4, 0.5) is 36.8 Å². The van der Waals surface area contributed by atoms with Crippen molar-refractivity contribution in [1.29, 1.82) is 0 Å². The van der Waals surface area contributed by atoms with Gasteiger partial charge in [0.05, 0.1) is 35.2 Å². The van der Waals surface area contributed by atoms with Crippen LogP contribution in [-0.2, 0) is 42.8 Å². The van der Waals surface area contributed by atoms with Gasteiger partial charge in [-0.05, 0) is 64.4 Å². The minimum Gasteiger partial charge on any atom is -0.444 e. The molecule has 0 saturated carbocycles. The quantitative estimate of drug-likeness (QED) is 0.216. The van der Waals surface area contributed by atoms with Gasteiger partial charge in [-0.1, -0.05) is 12.1 Å². The van der Waals surface area contributed by atoms with Gasteiger partial charge in [-0.25, -0.2) is 31.1 Å². The van der Waals surface area contributed by atoms with E-state index >= 15 is 13.2 Å². The number of nitrogens with zero attached hydrogens (tertiary/aromatic N) is 5. The molecule has 12 nitrogen and oxygen atoms in total. The van der Waals surface area contributed by atoms with Crippen molar-refractivity contribution in [3.05, 3.63) is 77.2 Å². The van der Waals surface area contributed by atoms with E-state index < -0.39 is 103 Å². The summed E-state index contributed by atoms with van der Waals surface area (Å²) in [6.45, 7) is 6.69. The maximum absolute atomic E-state index is 16.0. The lowest BCUT2D eigenvalue weighted by atomic mass is 9.99. The predicted octanol–water partition coefficient (Wildman–Crippen LogP) is 6.28. The molecule has 2 amide bonds. The highest BCUT2D eigenvalue weighted by Gasteiger charge is 2.47. The number of ether oxygens (including phenoxy) is 1. The van der Waals surface area contributed by atoms with Gasteiger partial charge < -0.3 is 19.4 Å². The van der Waals surface area contributed by atoms with Gasteiger partial charge in [0, 0.05) is 24.4 Å². The van der Waals surface area contributed by atoms with Crippen molar-refractivity contribution in [2.75, 3.05) is 11.2 Å². The molecule has 19 heteroatoms. The first-order valence-corrected chi connectivity index (χ1v) is 17.0. The number of nitrogens with one attached hydrogen (secondary N) is 1. The summed E-state index contributed by atoms with van der Waals surface area (Å²) in [6, 6.07) is 5.10. The summed E-state index contributed by atoms with van der Waals surface area (Å²) >= 11 is 0. The van der Waals surface area contributed by atoms with Gasteiger partial charge in [0.25, 0.3) is 11.8 Å². The number of benzene rings is 2. The highest BCUT2D eigenvalue weighted by molar-refractivity contribution is 7.91. The van der Waals surface area contributed by atoms with E-state index in [0.717, 1.165) is 28.1 Å². The SMILES string of the molecule is CC(C)(C)OC(=O)NC1CC(F)(F)c2cc(F)c(-c3nnc(C(C)(C)S(C)(=O)=O)o3)cc2N(Cc2ccc(-n3cc(C(F)(F)F)cn3)cc2)C1=O. The third-order valence-corrected chi connectivity index (χ3v) is 10.1. The third-order valence-electron chi connectivity index (χ3n) is 8.03. The number of amides is 2. The van der Waals surface area contributed by atoms with Gasteiger partial charge in [-0.3, -0.25) is 4.79 Å². The van der Waals surface area contributed by atoms with E-state index in [4.69, 9.17) is 9.15 Å².